The molecular weight excluding hydrogens is 188 g/mol. The van der Waals surface area contributed by atoms with Gasteiger partial charge in [-0.05, 0) is 30.9 Å². The monoisotopic (exact) mass is 206 g/mol. The predicted octanol–water partition coefficient (Wildman–Crippen LogP) is 1.41. The summed E-state index contributed by atoms with van der Waals surface area (Å²) in [4.78, 5) is 8.28. The van der Waals surface area contributed by atoms with Crippen molar-refractivity contribution in [1.82, 2.24) is 9.97 Å². The van der Waals surface area contributed by atoms with Crippen molar-refractivity contribution >= 4 is 5.95 Å². The summed E-state index contributed by atoms with van der Waals surface area (Å²) in [5.74, 6) is 0.706. The van der Waals surface area contributed by atoms with Crippen LogP contribution in [0.1, 0.15) is 25.7 Å². The molecule has 4 heteroatoms. The zero-order valence-corrected chi connectivity index (χ0v) is 8.95. The van der Waals surface area contributed by atoms with E-state index in [1.54, 1.807) is 12.4 Å². The van der Waals surface area contributed by atoms with Crippen molar-refractivity contribution in [3.63, 3.8) is 0 Å². The summed E-state index contributed by atoms with van der Waals surface area (Å²) in [5.41, 5.74) is 6.13. The first-order valence-corrected chi connectivity index (χ1v) is 5.56. The quantitative estimate of drug-likeness (QED) is 0.781. The van der Waals surface area contributed by atoms with Gasteiger partial charge < -0.3 is 11.1 Å². The van der Waals surface area contributed by atoms with E-state index < -0.39 is 0 Å². The molecule has 0 unspecified atom stereocenters. The van der Waals surface area contributed by atoms with E-state index in [1.807, 2.05) is 6.07 Å². The lowest BCUT2D eigenvalue weighted by Crippen LogP contribution is -2.34. The summed E-state index contributed by atoms with van der Waals surface area (Å²) in [6.07, 6.45) is 8.55. The van der Waals surface area contributed by atoms with Gasteiger partial charge in [0.15, 0.2) is 0 Å². The zero-order chi connectivity index (χ0) is 10.6. The lowest BCUT2D eigenvalue weighted by molar-refractivity contribution is 0.331. The van der Waals surface area contributed by atoms with Crippen LogP contribution in [-0.4, -0.2) is 23.1 Å². The molecule has 1 aromatic heterocycles. The van der Waals surface area contributed by atoms with Crippen LogP contribution in [0, 0.1) is 5.41 Å². The van der Waals surface area contributed by atoms with Crippen molar-refractivity contribution in [2.75, 3.05) is 18.4 Å². The minimum absolute atomic E-state index is 0.277. The van der Waals surface area contributed by atoms with Gasteiger partial charge in [-0.1, -0.05) is 12.8 Å². The van der Waals surface area contributed by atoms with E-state index in [0.717, 1.165) is 13.1 Å². The maximum Gasteiger partial charge on any atom is 0.222 e. The van der Waals surface area contributed by atoms with Gasteiger partial charge in [-0.15, -0.1) is 0 Å². The second kappa shape index (κ2) is 4.57. The molecule has 1 fully saturated rings. The molecule has 1 heterocycles. The highest BCUT2D eigenvalue weighted by Crippen LogP contribution is 2.36. The summed E-state index contributed by atoms with van der Waals surface area (Å²) in [5, 5.41) is 3.28. The Kier molecular flexibility index (Phi) is 3.16. The first kappa shape index (κ1) is 10.4. The van der Waals surface area contributed by atoms with Gasteiger partial charge in [0.1, 0.15) is 0 Å². The van der Waals surface area contributed by atoms with E-state index in [0.29, 0.717) is 5.95 Å². The average molecular weight is 206 g/mol. The van der Waals surface area contributed by atoms with Gasteiger partial charge in [-0.2, -0.15) is 0 Å². The topological polar surface area (TPSA) is 63.8 Å². The fraction of sp³-hybridized carbons (Fsp3) is 0.636. The van der Waals surface area contributed by atoms with Crippen molar-refractivity contribution in [1.29, 1.82) is 0 Å². The zero-order valence-electron chi connectivity index (χ0n) is 8.95. The second-order valence-corrected chi connectivity index (χ2v) is 4.34. The molecule has 1 aromatic rings. The number of nitrogens with one attached hydrogen (secondary N) is 1. The number of rotatable bonds is 4. The lowest BCUT2D eigenvalue weighted by atomic mass is 9.86. The van der Waals surface area contributed by atoms with E-state index >= 15 is 0 Å². The van der Waals surface area contributed by atoms with Gasteiger partial charge in [-0.3, -0.25) is 0 Å². The molecule has 1 aliphatic rings. The predicted molar refractivity (Wildman–Crippen MR) is 60.5 cm³/mol. The first-order valence-electron chi connectivity index (χ1n) is 5.56. The van der Waals surface area contributed by atoms with Gasteiger partial charge >= 0.3 is 0 Å². The van der Waals surface area contributed by atoms with E-state index in [4.69, 9.17) is 5.73 Å². The number of hydrogen-bond donors (Lipinski definition) is 2. The Morgan fingerprint density at radius 1 is 1.27 bits per heavy atom. The highest BCUT2D eigenvalue weighted by molar-refractivity contribution is 5.23. The van der Waals surface area contributed by atoms with Crippen LogP contribution in [0.4, 0.5) is 5.95 Å². The highest BCUT2D eigenvalue weighted by Gasteiger charge is 2.32. The number of anilines is 1. The van der Waals surface area contributed by atoms with Crippen LogP contribution in [0.15, 0.2) is 18.5 Å². The standard InChI is InChI=1S/C11H18N4/c12-8-11(4-1-2-5-11)9-15-10-13-6-3-7-14-10/h3,6-7H,1-2,4-5,8-9,12H2,(H,13,14,15). The number of nitrogens with two attached hydrogens (primary N) is 1. The Hall–Kier alpha value is -1.16. The molecule has 0 amide bonds. The molecule has 4 nitrogen and oxygen atoms in total. The first-order chi connectivity index (χ1) is 7.35. The van der Waals surface area contributed by atoms with Gasteiger partial charge in [0.25, 0.3) is 0 Å². The minimum atomic E-state index is 0.277. The maximum atomic E-state index is 5.85. The van der Waals surface area contributed by atoms with Crippen LogP contribution >= 0.6 is 0 Å². The third kappa shape index (κ3) is 2.45. The van der Waals surface area contributed by atoms with Crippen LogP contribution in [0.2, 0.25) is 0 Å². The summed E-state index contributed by atoms with van der Waals surface area (Å²) in [7, 11) is 0. The van der Waals surface area contributed by atoms with E-state index in [1.165, 1.54) is 25.7 Å². The largest absolute Gasteiger partial charge is 0.354 e. The summed E-state index contributed by atoms with van der Waals surface area (Å²) in [6, 6.07) is 1.82. The fourth-order valence-corrected chi connectivity index (χ4v) is 2.24. The van der Waals surface area contributed by atoms with Crippen LogP contribution in [0.5, 0.6) is 0 Å². The lowest BCUT2D eigenvalue weighted by Gasteiger charge is -2.27. The van der Waals surface area contributed by atoms with Gasteiger partial charge in [0.2, 0.25) is 5.95 Å². The number of hydrogen-bond acceptors (Lipinski definition) is 4. The van der Waals surface area contributed by atoms with E-state index in [-0.39, 0.29) is 5.41 Å². The molecule has 0 aromatic carbocycles. The Balaban J connectivity index is 1.92. The van der Waals surface area contributed by atoms with Crippen LogP contribution < -0.4 is 11.1 Å². The molecule has 1 aliphatic carbocycles. The van der Waals surface area contributed by atoms with Crippen molar-refractivity contribution < 1.29 is 0 Å². The molecular formula is C11H18N4. The molecule has 15 heavy (non-hydrogen) atoms. The Morgan fingerprint density at radius 3 is 2.53 bits per heavy atom. The fourth-order valence-electron chi connectivity index (χ4n) is 2.24. The van der Waals surface area contributed by atoms with Gasteiger partial charge in [-0.25, -0.2) is 9.97 Å². The van der Waals surface area contributed by atoms with Crippen molar-refractivity contribution in [3.05, 3.63) is 18.5 Å². The third-order valence-electron chi connectivity index (χ3n) is 3.28. The molecule has 3 N–H and O–H groups in total. The average Bonchev–Trinajstić information content (AvgIpc) is 2.77. The van der Waals surface area contributed by atoms with Crippen LogP contribution in [-0.2, 0) is 0 Å². The highest BCUT2D eigenvalue weighted by atomic mass is 15.1. The molecule has 82 valence electrons. The molecule has 0 spiro atoms. The molecule has 0 atom stereocenters. The second-order valence-electron chi connectivity index (χ2n) is 4.34. The summed E-state index contributed by atoms with van der Waals surface area (Å²) < 4.78 is 0. The Bertz CT molecular complexity index is 293. The summed E-state index contributed by atoms with van der Waals surface area (Å²) in [6.45, 7) is 1.65. The molecule has 2 rings (SSSR count). The molecule has 1 saturated carbocycles. The minimum Gasteiger partial charge on any atom is -0.354 e. The van der Waals surface area contributed by atoms with Crippen molar-refractivity contribution in [2.45, 2.75) is 25.7 Å². The van der Waals surface area contributed by atoms with Crippen LogP contribution in [0.3, 0.4) is 0 Å². The van der Waals surface area contributed by atoms with Gasteiger partial charge in [0.05, 0.1) is 0 Å². The molecule has 0 saturated heterocycles. The smallest absolute Gasteiger partial charge is 0.222 e. The maximum absolute atomic E-state index is 5.85. The SMILES string of the molecule is NCC1(CNc2ncccn2)CCCC1. The Labute approximate surface area is 90.3 Å². The Morgan fingerprint density at radius 2 is 1.93 bits per heavy atom. The number of aromatic nitrogens is 2. The molecule has 0 aliphatic heterocycles. The van der Waals surface area contributed by atoms with Crippen LogP contribution in [0.25, 0.3) is 0 Å². The summed E-state index contributed by atoms with van der Waals surface area (Å²) >= 11 is 0. The van der Waals surface area contributed by atoms with Crippen molar-refractivity contribution in [3.8, 4) is 0 Å². The van der Waals surface area contributed by atoms with E-state index in [2.05, 4.69) is 15.3 Å². The molecule has 0 radical (unpaired) electrons. The normalized spacial score (nSPS) is 19.0. The molecule has 0 bridgehead atoms. The van der Waals surface area contributed by atoms with Gasteiger partial charge in [0, 0.05) is 18.9 Å². The van der Waals surface area contributed by atoms with Crippen molar-refractivity contribution in [2.24, 2.45) is 11.1 Å². The number of nitrogens with zero attached hydrogens (tertiary/aromatic N) is 2. The van der Waals surface area contributed by atoms with E-state index in [9.17, 15) is 0 Å². The third-order valence-corrected chi connectivity index (χ3v) is 3.28.